The highest BCUT2D eigenvalue weighted by atomic mass is 79.9. The fraction of sp³-hybridized carbons (Fsp3) is 0.0400. The summed E-state index contributed by atoms with van der Waals surface area (Å²) in [7, 11) is 0. The van der Waals surface area contributed by atoms with Gasteiger partial charge in [0.2, 0.25) is 5.91 Å². The molecule has 0 aliphatic carbocycles. The number of phenolic OH excluding ortho intramolecular Hbond substituents is 1. The lowest BCUT2D eigenvalue weighted by Crippen LogP contribution is -2.19. The average molecular weight is 532 g/mol. The number of hydrogen-bond acceptors (Lipinski definition) is 7. The standard InChI is InChI=1S/C25H18BrN5O4/c26-23-11-5-16(21-3-1-2-4-22(21)23)14-25(33)30-27-15-17-13-19(8-12-24(17)32)29-28-18-6-9-20(10-7-18)31(34)35/h1-13,15,32H,14H2,(H,30,33)/b27-15-,29-28?. The Hall–Kier alpha value is -4.44. The Kier molecular flexibility index (Phi) is 7.22. The highest BCUT2D eigenvalue weighted by molar-refractivity contribution is 9.10. The molecule has 1 amide bonds. The fourth-order valence-electron chi connectivity index (χ4n) is 3.33. The quantitative estimate of drug-likeness (QED) is 0.125. The van der Waals surface area contributed by atoms with Gasteiger partial charge in [0.15, 0.2) is 0 Å². The summed E-state index contributed by atoms with van der Waals surface area (Å²) < 4.78 is 0.955. The average Bonchev–Trinajstić information content (AvgIpc) is 2.86. The highest BCUT2D eigenvalue weighted by Crippen LogP contribution is 2.27. The zero-order valence-electron chi connectivity index (χ0n) is 18.1. The molecule has 9 nitrogen and oxygen atoms in total. The van der Waals surface area contributed by atoms with Crippen LogP contribution in [0.5, 0.6) is 5.75 Å². The molecule has 0 aliphatic rings. The summed E-state index contributed by atoms with van der Waals surface area (Å²) in [6, 6.07) is 21.8. The van der Waals surface area contributed by atoms with E-state index >= 15 is 0 Å². The van der Waals surface area contributed by atoms with E-state index in [0.29, 0.717) is 16.9 Å². The van der Waals surface area contributed by atoms with Crippen LogP contribution in [0.15, 0.2) is 98.7 Å². The van der Waals surface area contributed by atoms with Gasteiger partial charge in [0.05, 0.1) is 28.9 Å². The molecule has 0 atom stereocenters. The minimum Gasteiger partial charge on any atom is -0.507 e. The molecule has 4 rings (SSSR count). The van der Waals surface area contributed by atoms with Crippen molar-refractivity contribution in [1.82, 2.24) is 5.43 Å². The summed E-state index contributed by atoms with van der Waals surface area (Å²) in [6.45, 7) is 0. The summed E-state index contributed by atoms with van der Waals surface area (Å²) in [5, 5.41) is 34.9. The number of carbonyl (C=O) groups is 1. The number of nitrogens with one attached hydrogen (secondary N) is 1. The van der Waals surface area contributed by atoms with Crippen molar-refractivity contribution in [3.05, 3.63) is 105 Å². The van der Waals surface area contributed by atoms with Crippen molar-refractivity contribution in [3.8, 4) is 5.75 Å². The van der Waals surface area contributed by atoms with Gasteiger partial charge in [0.25, 0.3) is 5.69 Å². The van der Waals surface area contributed by atoms with Crippen molar-refractivity contribution in [1.29, 1.82) is 0 Å². The molecule has 0 unspecified atom stereocenters. The van der Waals surface area contributed by atoms with E-state index in [2.05, 4.69) is 36.7 Å². The molecule has 0 aromatic heterocycles. The molecule has 0 saturated heterocycles. The van der Waals surface area contributed by atoms with Crippen LogP contribution in [0.4, 0.5) is 17.1 Å². The molecular formula is C25H18BrN5O4. The van der Waals surface area contributed by atoms with Crippen LogP contribution in [-0.4, -0.2) is 22.2 Å². The Bertz CT molecular complexity index is 1470. The van der Waals surface area contributed by atoms with Crippen LogP contribution in [0.2, 0.25) is 0 Å². The number of amides is 1. The van der Waals surface area contributed by atoms with Crippen LogP contribution in [0.25, 0.3) is 10.8 Å². The molecule has 0 aliphatic heterocycles. The van der Waals surface area contributed by atoms with Crippen LogP contribution in [0.3, 0.4) is 0 Å². The fourth-order valence-corrected chi connectivity index (χ4v) is 3.81. The number of nitrogens with zero attached hydrogens (tertiary/aromatic N) is 4. The molecule has 0 heterocycles. The van der Waals surface area contributed by atoms with Gasteiger partial charge in [-0.15, -0.1) is 0 Å². The van der Waals surface area contributed by atoms with E-state index in [1.165, 1.54) is 36.5 Å². The number of halogens is 1. The second-order valence-electron chi connectivity index (χ2n) is 7.44. The molecule has 0 saturated carbocycles. The molecule has 4 aromatic carbocycles. The number of hydrogen-bond donors (Lipinski definition) is 2. The van der Waals surface area contributed by atoms with Crippen LogP contribution < -0.4 is 5.43 Å². The molecule has 0 spiro atoms. The summed E-state index contributed by atoms with van der Waals surface area (Å²) >= 11 is 3.52. The molecule has 0 bridgehead atoms. The van der Waals surface area contributed by atoms with Crippen LogP contribution in [0.1, 0.15) is 11.1 Å². The van der Waals surface area contributed by atoms with Crippen molar-refractivity contribution < 1.29 is 14.8 Å². The molecule has 35 heavy (non-hydrogen) atoms. The van der Waals surface area contributed by atoms with Crippen LogP contribution in [-0.2, 0) is 11.2 Å². The van der Waals surface area contributed by atoms with Crippen molar-refractivity contribution >= 4 is 55.9 Å². The van der Waals surface area contributed by atoms with E-state index < -0.39 is 4.92 Å². The monoisotopic (exact) mass is 531 g/mol. The zero-order chi connectivity index (χ0) is 24.8. The molecule has 0 radical (unpaired) electrons. The Balaban J connectivity index is 1.42. The van der Waals surface area contributed by atoms with Gasteiger partial charge in [-0.25, -0.2) is 5.43 Å². The van der Waals surface area contributed by atoms with E-state index in [-0.39, 0.29) is 23.8 Å². The lowest BCUT2D eigenvalue weighted by atomic mass is 10.0. The summed E-state index contributed by atoms with van der Waals surface area (Å²) in [5.74, 6) is -0.349. The predicted octanol–water partition coefficient (Wildman–Crippen LogP) is 6.32. The summed E-state index contributed by atoms with van der Waals surface area (Å²) in [4.78, 5) is 22.7. The van der Waals surface area contributed by atoms with Crippen LogP contribution >= 0.6 is 15.9 Å². The van der Waals surface area contributed by atoms with E-state index in [0.717, 1.165) is 20.8 Å². The van der Waals surface area contributed by atoms with E-state index in [4.69, 9.17) is 0 Å². The Labute approximate surface area is 208 Å². The summed E-state index contributed by atoms with van der Waals surface area (Å²) in [5.41, 5.74) is 4.50. The third-order valence-corrected chi connectivity index (χ3v) is 5.75. The zero-order valence-corrected chi connectivity index (χ0v) is 19.7. The van der Waals surface area contributed by atoms with E-state index in [9.17, 15) is 20.0 Å². The minimum atomic E-state index is -0.494. The molecule has 0 fully saturated rings. The van der Waals surface area contributed by atoms with Gasteiger partial charge in [-0.05, 0) is 52.7 Å². The third kappa shape index (κ3) is 5.92. The largest absolute Gasteiger partial charge is 0.507 e. The molecule has 174 valence electrons. The number of rotatable bonds is 7. The number of fused-ring (bicyclic) bond motifs is 1. The number of nitro benzene ring substituents is 1. The topological polar surface area (TPSA) is 130 Å². The van der Waals surface area contributed by atoms with Gasteiger partial charge >= 0.3 is 0 Å². The van der Waals surface area contributed by atoms with Gasteiger partial charge in [-0.2, -0.15) is 15.3 Å². The van der Waals surface area contributed by atoms with Crippen molar-refractivity contribution in [2.45, 2.75) is 6.42 Å². The second-order valence-corrected chi connectivity index (χ2v) is 8.29. The SMILES string of the molecule is O=C(Cc1ccc(Br)c2ccccc12)N/N=C\c1cc(N=Nc2ccc([N+](=O)[O-])cc2)ccc1O. The smallest absolute Gasteiger partial charge is 0.269 e. The van der Waals surface area contributed by atoms with Gasteiger partial charge in [-0.3, -0.25) is 14.9 Å². The van der Waals surface area contributed by atoms with E-state index in [1.54, 1.807) is 12.1 Å². The maximum absolute atomic E-state index is 12.4. The number of benzene rings is 4. The first-order valence-electron chi connectivity index (χ1n) is 10.4. The first-order valence-corrected chi connectivity index (χ1v) is 11.2. The molecule has 10 heteroatoms. The number of aromatic hydroxyl groups is 1. The first-order chi connectivity index (χ1) is 16.9. The number of hydrazone groups is 1. The molecule has 4 aromatic rings. The number of non-ortho nitro benzene ring substituents is 1. The second kappa shape index (κ2) is 10.7. The Morgan fingerprint density at radius 2 is 1.66 bits per heavy atom. The lowest BCUT2D eigenvalue weighted by molar-refractivity contribution is -0.384. The first kappa shape index (κ1) is 23.7. The maximum Gasteiger partial charge on any atom is 0.269 e. The maximum atomic E-state index is 12.4. The van der Waals surface area contributed by atoms with Gasteiger partial charge < -0.3 is 5.11 Å². The number of azo groups is 1. The van der Waals surface area contributed by atoms with E-state index in [1.807, 2.05) is 36.4 Å². The summed E-state index contributed by atoms with van der Waals surface area (Å²) in [6.07, 6.45) is 1.46. The minimum absolute atomic E-state index is 0.0394. The van der Waals surface area contributed by atoms with Gasteiger partial charge in [0, 0.05) is 22.2 Å². The van der Waals surface area contributed by atoms with Gasteiger partial charge in [0.1, 0.15) is 5.75 Å². The predicted molar refractivity (Wildman–Crippen MR) is 136 cm³/mol. The highest BCUT2D eigenvalue weighted by Gasteiger charge is 2.09. The number of phenols is 1. The van der Waals surface area contributed by atoms with Crippen molar-refractivity contribution in [2.75, 3.05) is 0 Å². The van der Waals surface area contributed by atoms with Crippen molar-refractivity contribution in [3.63, 3.8) is 0 Å². The Morgan fingerprint density at radius 1 is 0.971 bits per heavy atom. The van der Waals surface area contributed by atoms with Gasteiger partial charge in [-0.1, -0.05) is 46.3 Å². The molecule has 2 N–H and O–H groups in total. The third-order valence-electron chi connectivity index (χ3n) is 5.06. The lowest BCUT2D eigenvalue weighted by Gasteiger charge is -2.07. The molecular weight excluding hydrogens is 514 g/mol. The normalized spacial score (nSPS) is 11.3. The van der Waals surface area contributed by atoms with Crippen LogP contribution in [0, 0.1) is 10.1 Å². The number of carbonyl (C=O) groups excluding carboxylic acids is 1. The number of nitro groups is 1. The Morgan fingerprint density at radius 3 is 2.40 bits per heavy atom. The van der Waals surface area contributed by atoms with Crippen molar-refractivity contribution in [2.24, 2.45) is 15.3 Å².